The largest absolute Gasteiger partial charge is 0.352 e. The first-order valence-electron chi connectivity index (χ1n) is 11.0. The molecule has 0 spiro atoms. The van der Waals surface area contributed by atoms with E-state index in [4.69, 9.17) is 22.4 Å². The number of hydrogen-bond donors (Lipinski definition) is 1. The zero-order valence-electron chi connectivity index (χ0n) is 18.4. The maximum absolute atomic E-state index is 12.6. The predicted molar refractivity (Wildman–Crippen MR) is 130 cm³/mol. The number of piperazine rings is 1. The lowest BCUT2D eigenvalue weighted by Crippen LogP contribution is -2.48. The van der Waals surface area contributed by atoms with Gasteiger partial charge in [-0.2, -0.15) is 5.10 Å². The minimum Gasteiger partial charge on any atom is -0.352 e. The fourth-order valence-corrected chi connectivity index (χ4v) is 5.11. The van der Waals surface area contributed by atoms with Crippen LogP contribution in [0.4, 0.5) is 5.82 Å². The summed E-state index contributed by atoms with van der Waals surface area (Å²) in [6, 6.07) is 11.4. The summed E-state index contributed by atoms with van der Waals surface area (Å²) in [5.74, 6) is 0.899. The Balaban J connectivity index is 0.00000289. The van der Waals surface area contributed by atoms with Crippen LogP contribution in [0.25, 0.3) is 0 Å². The minimum atomic E-state index is -0.106. The van der Waals surface area contributed by atoms with Crippen molar-refractivity contribution in [2.45, 2.75) is 44.1 Å². The van der Waals surface area contributed by atoms with Crippen LogP contribution >= 0.6 is 24.0 Å². The molecule has 1 amide bonds. The normalized spacial score (nSPS) is 23.5. The van der Waals surface area contributed by atoms with Crippen molar-refractivity contribution in [2.24, 2.45) is 5.73 Å². The van der Waals surface area contributed by atoms with Gasteiger partial charge in [0, 0.05) is 56.2 Å². The van der Waals surface area contributed by atoms with Crippen LogP contribution < -0.4 is 16.2 Å². The molecule has 2 aliphatic rings. The monoisotopic (exact) mass is 479 g/mol. The van der Waals surface area contributed by atoms with Gasteiger partial charge in [0.1, 0.15) is 5.82 Å². The number of nitrogens with two attached hydrogens (primary N) is 1. The summed E-state index contributed by atoms with van der Waals surface area (Å²) in [7, 11) is 0. The second kappa shape index (κ2) is 10.2. The summed E-state index contributed by atoms with van der Waals surface area (Å²) in [5, 5.41) is 5.45. The molecule has 0 unspecified atom stereocenters. The molecule has 0 atom stereocenters. The lowest BCUT2D eigenvalue weighted by Gasteiger charge is -2.40. The van der Waals surface area contributed by atoms with Gasteiger partial charge in [-0.15, -0.1) is 12.4 Å². The quantitative estimate of drug-likeness (QED) is 0.728. The Hall–Kier alpha value is -2.09. The molecule has 1 aliphatic carbocycles. The van der Waals surface area contributed by atoms with E-state index in [0.29, 0.717) is 19.6 Å². The van der Waals surface area contributed by atoms with E-state index >= 15 is 0 Å². The van der Waals surface area contributed by atoms with Gasteiger partial charge in [-0.3, -0.25) is 9.59 Å². The lowest BCUT2D eigenvalue weighted by molar-refractivity contribution is -0.129. The van der Waals surface area contributed by atoms with Crippen molar-refractivity contribution in [1.29, 1.82) is 0 Å². The highest BCUT2D eigenvalue weighted by atomic mass is 35.5. The van der Waals surface area contributed by atoms with Gasteiger partial charge in [-0.1, -0.05) is 23.7 Å². The van der Waals surface area contributed by atoms with E-state index in [1.807, 2.05) is 23.1 Å². The Morgan fingerprint density at radius 3 is 2.44 bits per heavy atom. The number of halogens is 2. The van der Waals surface area contributed by atoms with Crippen molar-refractivity contribution in [1.82, 2.24) is 14.7 Å². The third-order valence-corrected chi connectivity index (χ3v) is 7.18. The van der Waals surface area contributed by atoms with Crippen molar-refractivity contribution in [3.8, 4) is 0 Å². The van der Waals surface area contributed by atoms with Crippen LogP contribution in [0.15, 0.2) is 41.2 Å². The smallest absolute Gasteiger partial charge is 0.267 e. The van der Waals surface area contributed by atoms with E-state index < -0.39 is 0 Å². The molecule has 2 fully saturated rings. The highest BCUT2D eigenvalue weighted by Gasteiger charge is 2.37. The maximum Gasteiger partial charge on any atom is 0.267 e. The molecule has 1 aromatic carbocycles. The van der Waals surface area contributed by atoms with E-state index in [1.54, 1.807) is 23.7 Å². The molecule has 7 nitrogen and oxygen atoms in total. The molecular weight excluding hydrogens is 449 g/mol. The fraction of sp³-hybridized carbons (Fsp3) is 0.522. The van der Waals surface area contributed by atoms with E-state index in [0.717, 1.165) is 49.6 Å². The Labute approximate surface area is 199 Å². The van der Waals surface area contributed by atoms with E-state index in [1.165, 1.54) is 5.56 Å². The fourth-order valence-electron chi connectivity index (χ4n) is 4.92. The Morgan fingerprint density at radius 2 is 1.84 bits per heavy atom. The zero-order chi connectivity index (χ0) is 22.0. The van der Waals surface area contributed by atoms with Crippen LogP contribution in [0, 0.1) is 0 Å². The van der Waals surface area contributed by atoms with E-state index in [9.17, 15) is 9.59 Å². The van der Waals surface area contributed by atoms with Crippen LogP contribution in [0.3, 0.4) is 0 Å². The molecule has 0 radical (unpaired) electrons. The molecule has 32 heavy (non-hydrogen) atoms. The van der Waals surface area contributed by atoms with Gasteiger partial charge in [0.05, 0.1) is 6.04 Å². The first-order chi connectivity index (χ1) is 14.9. The molecule has 1 aliphatic heterocycles. The molecule has 1 saturated heterocycles. The Bertz CT molecular complexity index is 996. The third-order valence-electron chi connectivity index (χ3n) is 6.95. The first-order valence-corrected chi connectivity index (χ1v) is 11.4. The van der Waals surface area contributed by atoms with Crippen LogP contribution in [0.2, 0.25) is 5.02 Å². The number of benzene rings is 1. The number of carbonyl (C=O) groups excluding carboxylic acids is 1. The van der Waals surface area contributed by atoms with E-state index in [2.05, 4.69) is 11.0 Å². The van der Waals surface area contributed by atoms with Gasteiger partial charge in [0.15, 0.2) is 0 Å². The van der Waals surface area contributed by atoms with Gasteiger partial charge in [0.25, 0.3) is 5.56 Å². The van der Waals surface area contributed by atoms with Crippen molar-refractivity contribution < 1.29 is 4.79 Å². The number of rotatable bonds is 4. The predicted octanol–water partition coefficient (Wildman–Crippen LogP) is 3.00. The first kappa shape index (κ1) is 24.6. The minimum absolute atomic E-state index is 0. The standard InChI is InChI=1S/C23H30ClN5O2.ClH/c1-17(30)27-11-13-28(14-12-27)21-5-6-22(31)29(26-21)20-7-9-23(16-25,10-8-20)18-3-2-4-19(24)15-18;/h2-6,15,20H,7-14,16,25H2,1H3;1H/t20-,23-;. The lowest BCUT2D eigenvalue weighted by atomic mass is 9.68. The van der Waals surface area contributed by atoms with Crippen LogP contribution in [-0.4, -0.2) is 53.3 Å². The summed E-state index contributed by atoms with van der Waals surface area (Å²) in [6.07, 6.45) is 3.48. The topological polar surface area (TPSA) is 84.5 Å². The SMILES string of the molecule is CC(=O)N1CCN(c2ccc(=O)n([C@H]3CC[C@](CN)(c4cccc(Cl)c4)CC3)n2)CC1.Cl. The van der Waals surface area contributed by atoms with Crippen molar-refractivity contribution in [3.05, 3.63) is 57.3 Å². The molecular formula is C23H31Cl2N5O2. The second-order valence-corrected chi connectivity index (χ2v) is 9.13. The van der Waals surface area contributed by atoms with Gasteiger partial charge < -0.3 is 15.5 Å². The average Bonchev–Trinajstić information content (AvgIpc) is 2.79. The van der Waals surface area contributed by atoms with Gasteiger partial charge >= 0.3 is 0 Å². The highest BCUT2D eigenvalue weighted by molar-refractivity contribution is 6.30. The molecule has 1 aromatic heterocycles. The highest BCUT2D eigenvalue weighted by Crippen LogP contribution is 2.42. The van der Waals surface area contributed by atoms with Crippen molar-refractivity contribution in [3.63, 3.8) is 0 Å². The number of nitrogens with zero attached hydrogens (tertiary/aromatic N) is 4. The van der Waals surface area contributed by atoms with Crippen LogP contribution in [0.1, 0.15) is 44.2 Å². The zero-order valence-corrected chi connectivity index (χ0v) is 19.9. The summed E-state index contributed by atoms with van der Waals surface area (Å²) >= 11 is 6.22. The molecule has 2 aromatic rings. The summed E-state index contributed by atoms with van der Waals surface area (Å²) in [5.41, 5.74) is 7.23. The van der Waals surface area contributed by atoms with E-state index in [-0.39, 0.29) is 35.3 Å². The number of aromatic nitrogens is 2. The summed E-state index contributed by atoms with van der Waals surface area (Å²) in [4.78, 5) is 28.2. The van der Waals surface area contributed by atoms with Gasteiger partial charge in [0.2, 0.25) is 5.91 Å². The van der Waals surface area contributed by atoms with Crippen LogP contribution in [-0.2, 0) is 10.2 Å². The Morgan fingerprint density at radius 1 is 1.16 bits per heavy atom. The molecule has 2 heterocycles. The maximum atomic E-state index is 12.6. The number of hydrogen-bond acceptors (Lipinski definition) is 5. The average molecular weight is 480 g/mol. The number of carbonyl (C=O) groups is 1. The molecule has 174 valence electrons. The molecule has 4 rings (SSSR count). The number of anilines is 1. The third kappa shape index (κ3) is 4.95. The van der Waals surface area contributed by atoms with Gasteiger partial charge in [-0.25, -0.2) is 4.68 Å². The molecule has 2 N–H and O–H groups in total. The Kier molecular flexibility index (Phi) is 7.85. The van der Waals surface area contributed by atoms with Gasteiger partial charge in [-0.05, 0) is 49.4 Å². The molecule has 0 bridgehead atoms. The number of amides is 1. The second-order valence-electron chi connectivity index (χ2n) is 8.69. The van der Waals surface area contributed by atoms with Crippen molar-refractivity contribution in [2.75, 3.05) is 37.6 Å². The molecule has 9 heteroatoms. The summed E-state index contributed by atoms with van der Waals surface area (Å²) in [6.45, 7) is 4.96. The summed E-state index contributed by atoms with van der Waals surface area (Å²) < 4.78 is 1.66. The van der Waals surface area contributed by atoms with Crippen LogP contribution in [0.5, 0.6) is 0 Å². The molecule has 1 saturated carbocycles. The van der Waals surface area contributed by atoms with Crippen molar-refractivity contribution >= 4 is 35.7 Å².